The van der Waals surface area contributed by atoms with Gasteiger partial charge in [0.05, 0.1) is 37.6 Å². The number of rotatable bonds is 20. The van der Waals surface area contributed by atoms with Gasteiger partial charge in [0.15, 0.2) is 0 Å². The molecule has 0 saturated heterocycles. The van der Waals surface area contributed by atoms with Gasteiger partial charge in [-0.2, -0.15) is 0 Å². The number of fused-ring (bicyclic) bond motifs is 2. The van der Waals surface area contributed by atoms with E-state index in [0.717, 1.165) is 12.2 Å². The number of carbonyl (C=O) groups excluding carboxylic acids is 6. The number of aryl methyl sites for hydroxylation is 1. The number of carbonyl (C=O) groups is 6. The summed E-state index contributed by atoms with van der Waals surface area (Å²) in [7, 11) is 0. The Morgan fingerprint density at radius 1 is 0.443 bits per heavy atom. The number of hydrogen-bond acceptors (Lipinski definition) is 14. The van der Waals surface area contributed by atoms with Crippen molar-refractivity contribution in [2.24, 2.45) is 0 Å². The molecule has 5 aromatic rings. The summed E-state index contributed by atoms with van der Waals surface area (Å²) in [4.78, 5) is 72.6. The van der Waals surface area contributed by atoms with Gasteiger partial charge in [-0.3, -0.25) is 0 Å². The fourth-order valence-electron chi connectivity index (χ4n) is 5.74. The predicted molar refractivity (Wildman–Crippen MR) is 223 cm³/mol. The molecule has 0 atom stereocenters. The molecule has 14 heteroatoms. The Labute approximate surface area is 351 Å². The van der Waals surface area contributed by atoms with Crippen molar-refractivity contribution in [3.8, 4) is 23.0 Å². The smallest absolute Gasteiger partial charge is 0.463 e. The quantitative estimate of drug-likeness (QED) is 0.0181. The largest absolute Gasteiger partial charge is 0.513 e. The highest BCUT2D eigenvalue weighted by Crippen LogP contribution is 2.28. The molecule has 316 valence electrons. The van der Waals surface area contributed by atoms with Gasteiger partial charge in [-0.1, -0.05) is 37.4 Å². The summed E-state index contributed by atoms with van der Waals surface area (Å²) >= 11 is 0. The van der Waals surface area contributed by atoms with Crippen LogP contribution in [0.2, 0.25) is 0 Å². The zero-order chi connectivity index (χ0) is 43.6. The van der Waals surface area contributed by atoms with Gasteiger partial charge in [0, 0.05) is 12.2 Å². The molecule has 0 amide bonds. The summed E-state index contributed by atoms with van der Waals surface area (Å²) in [5.41, 5.74) is 1.13. The van der Waals surface area contributed by atoms with E-state index in [1.807, 2.05) is 0 Å². The summed E-state index contributed by atoms with van der Waals surface area (Å²) in [5, 5.41) is 2.85. The molecule has 0 aliphatic carbocycles. The first kappa shape index (κ1) is 44.6. The first-order valence-electron chi connectivity index (χ1n) is 19.4. The van der Waals surface area contributed by atoms with Crippen LogP contribution < -0.4 is 18.9 Å². The third-order valence-electron chi connectivity index (χ3n) is 8.90. The Morgan fingerprint density at radius 3 is 1.30 bits per heavy atom. The molecule has 0 spiro atoms. The molecule has 0 aromatic heterocycles. The van der Waals surface area contributed by atoms with E-state index < -0.39 is 36.2 Å². The van der Waals surface area contributed by atoms with Crippen molar-refractivity contribution in [3.05, 3.63) is 133 Å². The monoisotopic (exact) mass is 832 g/mol. The third-order valence-corrected chi connectivity index (χ3v) is 8.90. The molecule has 0 aliphatic heterocycles. The molecule has 0 aliphatic rings. The Morgan fingerprint density at radius 2 is 0.836 bits per heavy atom. The van der Waals surface area contributed by atoms with Crippen LogP contribution in [0.4, 0.5) is 9.59 Å². The van der Waals surface area contributed by atoms with E-state index in [1.54, 1.807) is 85.8 Å². The Bertz CT molecular complexity index is 2420. The van der Waals surface area contributed by atoms with Gasteiger partial charge in [-0.15, -0.1) is 0 Å². The van der Waals surface area contributed by atoms with Gasteiger partial charge in [0.2, 0.25) is 0 Å². The molecule has 0 unspecified atom stereocenters. The molecule has 5 rings (SSSR count). The van der Waals surface area contributed by atoms with E-state index >= 15 is 0 Å². The molecule has 0 radical (unpaired) electrons. The van der Waals surface area contributed by atoms with E-state index in [-0.39, 0.29) is 55.0 Å². The molecular weight excluding hydrogens is 789 g/mol. The maximum absolute atomic E-state index is 13.1. The van der Waals surface area contributed by atoms with Crippen molar-refractivity contribution in [1.29, 1.82) is 0 Å². The van der Waals surface area contributed by atoms with Gasteiger partial charge in [0.25, 0.3) is 0 Å². The summed E-state index contributed by atoms with van der Waals surface area (Å²) in [6.45, 7) is 9.22. The van der Waals surface area contributed by atoms with Crippen LogP contribution >= 0.6 is 0 Å². The predicted octanol–water partition coefficient (Wildman–Crippen LogP) is 9.57. The molecule has 0 fully saturated rings. The van der Waals surface area contributed by atoms with Crippen molar-refractivity contribution in [1.82, 2.24) is 0 Å². The van der Waals surface area contributed by atoms with Crippen molar-refractivity contribution in [2.75, 3.05) is 26.4 Å². The SMILES string of the molecule is C=CC(=O)OCCCCCOC(=O)Oc1ccc2cc(C(=O)Oc3ccc(OC(=O)c4ccc5cc(OC(=O)OCCCCCOC(=O)C=C)ccc5c4)c(C)c3)ccc2c1. The average Bonchev–Trinajstić information content (AvgIpc) is 3.25. The van der Waals surface area contributed by atoms with E-state index in [9.17, 15) is 28.8 Å². The van der Waals surface area contributed by atoms with Crippen LogP contribution in [0.1, 0.15) is 64.8 Å². The highest BCUT2D eigenvalue weighted by Gasteiger charge is 2.16. The molecule has 61 heavy (non-hydrogen) atoms. The second-order valence-electron chi connectivity index (χ2n) is 13.4. The van der Waals surface area contributed by atoms with E-state index in [2.05, 4.69) is 13.2 Å². The zero-order valence-corrected chi connectivity index (χ0v) is 33.5. The lowest BCUT2D eigenvalue weighted by atomic mass is 10.1. The Balaban J connectivity index is 1.06. The molecule has 0 heterocycles. The molecule has 0 saturated carbocycles. The lowest BCUT2D eigenvalue weighted by Crippen LogP contribution is -2.12. The minimum absolute atomic E-state index is 0.151. The number of ether oxygens (including phenoxy) is 8. The van der Waals surface area contributed by atoms with Crippen molar-refractivity contribution >= 4 is 57.7 Å². The number of benzene rings is 5. The van der Waals surface area contributed by atoms with Crippen LogP contribution in [0.25, 0.3) is 21.5 Å². The van der Waals surface area contributed by atoms with Crippen LogP contribution in [-0.4, -0.2) is 62.6 Å². The van der Waals surface area contributed by atoms with Gasteiger partial charge in [-0.05, 0) is 139 Å². The molecule has 5 aromatic carbocycles. The number of unbranched alkanes of at least 4 members (excludes halogenated alkanes) is 4. The summed E-state index contributed by atoms with van der Waals surface area (Å²) in [6, 6.07) is 24.4. The summed E-state index contributed by atoms with van der Waals surface area (Å²) in [5.74, 6) is -1.09. The standard InChI is InChI=1S/C47H44O14/c1-4-42(48)54-22-8-6-10-24-56-46(52)59-39-18-16-32-27-36(14-12-34(32)29-39)44(50)58-38-20-21-41(31(3)26-38)61-45(51)37-15-13-35-30-40(19-17-33(35)28-37)60-47(53)57-25-11-7-9-23-55-43(49)5-2/h4-5,12-21,26-30H,1-2,6-11,22-25H2,3H3. The zero-order valence-electron chi connectivity index (χ0n) is 33.5. The van der Waals surface area contributed by atoms with Crippen LogP contribution in [0.3, 0.4) is 0 Å². The second kappa shape index (κ2) is 22.6. The average molecular weight is 833 g/mol. The summed E-state index contributed by atoms with van der Waals surface area (Å²) < 4.78 is 41.9. The normalized spacial score (nSPS) is 10.6. The maximum atomic E-state index is 13.1. The minimum Gasteiger partial charge on any atom is -0.463 e. The maximum Gasteiger partial charge on any atom is 0.513 e. The Kier molecular flexibility index (Phi) is 16.5. The van der Waals surface area contributed by atoms with Crippen LogP contribution in [0.15, 0.2) is 116 Å². The molecular formula is C47H44O14. The minimum atomic E-state index is -0.848. The summed E-state index contributed by atoms with van der Waals surface area (Å²) in [6.07, 6.45) is 4.31. The van der Waals surface area contributed by atoms with E-state index in [1.165, 1.54) is 12.1 Å². The van der Waals surface area contributed by atoms with Gasteiger partial charge in [0.1, 0.15) is 23.0 Å². The van der Waals surface area contributed by atoms with Gasteiger partial charge < -0.3 is 37.9 Å². The first-order valence-corrected chi connectivity index (χ1v) is 19.4. The van der Waals surface area contributed by atoms with Crippen LogP contribution in [-0.2, 0) is 28.5 Å². The second-order valence-corrected chi connectivity index (χ2v) is 13.4. The fraction of sp³-hybridized carbons (Fsp3) is 0.234. The molecule has 0 N–H and O–H groups in total. The van der Waals surface area contributed by atoms with E-state index in [4.69, 9.17) is 37.9 Å². The Hall–Kier alpha value is -7.48. The lowest BCUT2D eigenvalue weighted by Gasteiger charge is -2.11. The van der Waals surface area contributed by atoms with Crippen molar-refractivity contribution in [2.45, 2.75) is 45.4 Å². The van der Waals surface area contributed by atoms with Gasteiger partial charge in [-0.25, -0.2) is 28.8 Å². The molecule has 0 bridgehead atoms. The van der Waals surface area contributed by atoms with Crippen LogP contribution in [0.5, 0.6) is 23.0 Å². The third kappa shape index (κ3) is 14.1. The highest BCUT2D eigenvalue weighted by molar-refractivity contribution is 5.98. The fourth-order valence-corrected chi connectivity index (χ4v) is 5.74. The topological polar surface area (TPSA) is 176 Å². The number of esters is 4. The molecule has 14 nitrogen and oxygen atoms in total. The first-order chi connectivity index (χ1) is 29.5. The highest BCUT2D eigenvalue weighted by atomic mass is 16.7. The van der Waals surface area contributed by atoms with Gasteiger partial charge >= 0.3 is 36.2 Å². The number of hydrogen-bond donors (Lipinski definition) is 0. The van der Waals surface area contributed by atoms with Crippen molar-refractivity contribution < 1.29 is 66.7 Å². The van der Waals surface area contributed by atoms with Crippen molar-refractivity contribution in [3.63, 3.8) is 0 Å². The van der Waals surface area contributed by atoms with Crippen LogP contribution in [0, 0.1) is 6.92 Å². The lowest BCUT2D eigenvalue weighted by molar-refractivity contribution is -0.138. The van der Waals surface area contributed by atoms with E-state index in [0.29, 0.717) is 71.2 Å².